The van der Waals surface area contributed by atoms with Gasteiger partial charge >= 0.3 is 12.0 Å². The van der Waals surface area contributed by atoms with Crippen LogP contribution in [0.5, 0.6) is 11.5 Å². The monoisotopic (exact) mass is 599 g/mol. The lowest BCUT2D eigenvalue weighted by Crippen LogP contribution is -2.51. The molecule has 2 fully saturated rings. The van der Waals surface area contributed by atoms with Crippen LogP contribution in [0, 0.1) is 11.8 Å². The maximum atomic E-state index is 12.3. The zero-order valence-corrected chi connectivity index (χ0v) is 25.5. The second-order valence-corrected chi connectivity index (χ2v) is 11.7. The van der Waals surface area contributed by atoms with Gasteiger partial charge in [0.2, 0.25) is 5.91 Å². The first kappa shape index (κ1) is 31.6. The van der Waals surface area contributed by atoms with Gasteiger partial charge in [0.05, 0.1) is 19.6 Å². The predicted molar refractivity (Wildman–Crippen MR) is 161 cm³/mol. The minimum absolute atomic E-state index is 0.166. The highest BCUT2D eigenvalue weighted by Crippen LogP contribution is 2.35. The van der Waals surface area contributed by atoms with Gasteiger partial charge in [-0.2, -0.15) is 0 Å². The number of hydrogen-bond donors (Lipinski definition) is 1. The van der Waals surface area contributed by atoms with Crippen LogP contribution in [0.25, 0.3) is 0 Å². The van der Waals surface area contributed by atoms with Crippen molar-refractivity contribution < 1.29 is 29.0 Å². The standard InChI is InChI=1S/C32H42ClN3O6/c1-4-27(24-10-12-26(33)13-11-24)35(20-22-5-8-25(9-6-22)31(38)39)21-23-7-14-28(29(19-23)41-3)42-18-17-36-30(37)15-16-34(2)32(36)40/h7,10-14,19,22,25,27H,4-6,8-9,15-18,20-21H2,1-3H3,(H,38,39). The van der Waals surface area contributed by atoms with E-state index >= 15 is 0 Å². The Morgan fingerprint density at radius 2 is 1.81 bits per heavy atom. The summed E-state index contributed by atoms with van der Waals surface area (Å²) in [6, 6.07) is 13.7. The lowest BCUT2D eigenvalue weighted by atomic mass is 9.81. The van der Waals surface area contributed by atoms with Gasteiger partial charge in [-0.05, 0) is 73.4 Å². The molecular formula is C32H42ClN3O6. The van der Waals surface area contributed by atoms with E-state index in [0.717, 1.165) is 44.2 Å². The lowest BCUT2D eigenvalue weighted by molar-refractivity contribution is -0.143. The number of carbonyl (C=O) groups excluding carboxylic acids is 2. The van der Waals surface area contributed by atoms with Gasteiger partial charge in [0.15, 0.2) is 11.5 Å². The highest BCUT2D eigenvalue weighted by molar-refractivity contribution is 6.30. The molecule has 1 unspecified atom stereocenters. The van der Waals surface area contributed by atoms with E-state index in [-0.39, 0.29) is 37.0 Å². The number of hydrogen-bond acceptors (Lipinski definition) is 6. The van der Waals surface area contributed by atoms with Gasteiger partial charge in [-0.1, -0.05) is 36.7 Å². The number of urea groups is 1. The Morgan fingerprint density at radius 1 is 1.10 bits per heavy atom. The van der Waals surface area contributed by atoms with Crippen molar-refractivity contribution in [1.29, 1.82) is 0 Å². The van der Waals surface area contributed by atoms with E-state index in [4.69, 9.17) is 21.1 Å². The van der Waals surface area contributed by atoms with Gasteiger partial charge in [0.25, 0.3) is 0 Å². The SMILES string of the molecule is CCC(c1ccc(Cl)cc1)N(Cc1ccc(OCCN2C(=O)CCN(C)C2=O)c(OC)c1)CC1CCC(C(=O)O)CC1. The second kappa shape index (κ2) is 14.7. The van der Waals surface area contributed by atoms with Crippen LogP contribution in [0.15, 0.2) is 42.5 Å². The first-order valence-electron chi connectivity index (χ1n) is 14.8. The van der Waals surface area contributed by atoms with Crippen molar-refractivity contribution in [3.8, 4) is 11.5 Å². The summed E-state index contributed by atoms with van der Waals surface area (Å²) in [5.74, 6) is 0.445. The molecule has 1 N–H and O–H groups in total. The number of rotatable bonds is 13. The molecule has 1 saturated heterocycles. The molecule has 1 saturated carbocycles. The molecule has 9 nitrogen and oxygen atoms in total. The smallest absolute Gasteiger partial charge is 0.326 e. The van der Waals surface area contributed by atoms with Crippen LogP contribution in [0.2, 0.25) is 5.02 Å². The van der Waals surface area contributed by atoms with Gasteiger partial charge < -0.3 is 19.5 Å². The minimum atomic E-state index is -0.686. The van der Waals surface area contributed by atoms with Crippen LogP contribution in [-0.4, -0.2) is 78.1 Å². The molecule has 1 aliphatic heterocycles. The quantitative estimate of drug-likeness (QED) is 0.308. The Bertz CT molecular complexity index is 1230. The largest absolute Gasteiger partial charge is 0.493 e. The van der Waals surface area contributed by atoms with Gasteiger partial charge in [-0.25, -0.2) is 4.79 Å². The number of carboxylic acid groups (broad SMARTS) is 1. The maximum Gasteiger partial charge on any atom is 0.326 e. The Morgan fingerprint density at radius 3 is 2.45 bits per heavy atom. The molecule has 3 amide bonds. The van der Waals surface area contributed by atoms with Gasteiger partial charge in [0, 0.05) is 44.2 Å². The van der Waals surface area contributed by atoms with Crippen LogP contribution in [0.3, 0.4) is 0 Å². The molecule has 0 radical (unpaired) electrons. The molecule has 1 atom stereocenters. The molecule has 0 aromatic heterocycles. The van der Waals surface area contributed by atoms with Crippen molar-refractivity contribution in [2.24, 2.45) is 11.8 Å². The van der Waals surface area contributed by atoms with E-state index in [1.165, 1.54) is 15.4 Å². The number of amides is 3. The van der Waals surface area contributed by atoms with Crippen molar-refractivity contribution >= 4 is 29.5 Å². The summed E-state index contributed by atoms with van der Waals surface area (Å²) in [5, 5.41) is 10.1. The fourth-order valence-corrected chi connectivity index (χ4v) is 6.18. The first-order valence-corrected chi connectivity index (χ1v) is 15.1. The summed E-state index contributed by atoms with van der Waals surface area (Å²) in [6.45, 7) is 4.49. The number of halogens is 1. The van der Waals surface area contributed by atoms with Crippen molar-refractivity contribution in [3.05, 3.63) is 58.6 Å². The number of aliphatic carboxylic acids is 1. The number of benzene rings is 2. The first-order chi connectivity index (χ1) is 20.2. The van der Waals surface area contributed by atoms with Crippen LogP contribution in [0.1, 0.15) is 62.6 Å². The van der Waals surface area contributed by atoms with Crippen LogP contribution >= 0.6 is 11.6 Å². The van der Waals surface area contributed by atoms with E-state index in [0.29, 0.717) is 41.9 Å². The molecule has 10 heteroatoms. The summed E-state index contributed by atoms with van der Waals surface area (Å²) >= 11 is 6.19. The average molecular weight is 600 g/mol. The molecule has 1 heterocycles. The topological polar surface area (TPSA) is 99.6 Å². The summed E-state index contributed by atoms with van der Waals surface area (Å²) in [5.41, 5.74) is 2.26. The molecule has 2 aromatic carbocycles. The Labute approximate surface area is 253 Å². The Balaban J connectivity index is 1.47. The number of carbonyl (C=O) groups is 3. The van der Waals surface area contributed by atoms with Gasteiger partial charge in [-0.15, -0.1) is 0 Å². The van der Waals surface area contributed by atoms with E-state index in [9.17, 15) is 19.5 Å². The molecule has 0 bridgehead atoms. The normalized spacial score (nSPS) is 20.1. The maximum absolute atomic E-state index is 12.3. The number of carboxylic acids is 1. The van der Waals surface area contributed by atoms with Crippen LogP contribution < -0.4 is 9.47 Å². The van der Waals surface area contributed by atoms with E-state index < -0.39 is 5.97 Å². The molecule has 2 aliphatic rings. The summed E-state index contributed by atoms with van der Waals surface area (Å²) < 4.78 is 11.6. The molecule has 2 aromatic rings. The number of nitrogens with zero attached hydrogens (tertiary/aromatic N) is 3. The Hall–Kier alpha value is -3.30. The lowest BCUT2D eigenvalue weighted by Gasteiger charge is -2.36. The molecule has 228 valence electrons. The summed E-state index contributed by atoms with van der Waals surface area (Å²) in [4.78, 5) is 41.3. The molecule has 0 spiro atoms. The zero-order valence-electron chi connectivity index (χ0n) is 24.8. The Kier molecular flexibility index (Phi) is 11.1. The van der Waals surface area contributed by atoms with E-state index in [1.54, 1.807) is 14.2 Å². The van der Waals surface area contributed by atoms with E-state index in [1.807, 2.05) is 30.3 Å². The van der Waals surface area contributed by atoms with Crippen LogP contribution in [-0.2, 0) is 16.1 Å². The zero-order chi connectivity index (χ0) is 30.2. The van der Waals surface area contributed by atoms with Gasteiger partial charge in [0.1, 0.15) is 6.61 Å². The molecular weight excluding hydrogens is 558 g/mol. The fourth-order valence-electron chi connectivity index (χ4n) is 6.05. The number of methoxy groups -OCH3 is 1. The van der Waals surface area contributed by atoms with E-state index in [2.05, 4.69) is 24.0 Å². The average Bonchev–Trinajstić information content (AvgIpc) is 2.99. The van der Waals surface area contributed by atoms with Crippen molar-refractivity contribution in [2.45, 2.75) is 58.0 Å². The summed E-state index contributed by atoms with van der Waals surface area (Å²) in [7, 11) is 3.28. The van der Waals surface area contributed by atoms with Crippen molar-refractivity contribution in [1.82, 2.24) is 14.7 Å². The predicted octanol–water partition coefficient (Wildman–Crippen LogP) is 5.86. The summed E-state index contributed by atoms with van der Waals surface area (Å²) in [6.07, 6.45) is 4.46. The van der Waals surface area contributed by atoms with Crippen molar-refractivity contribution in [3.63, 3.8) is 0 Å². The third-order valence-electron chi connectivity index (χ3n) is 8.48. The minimum Gasteiger partial charge on any atom is -0.493 e. The van der Waals surface area contributed by atoms with Crippen LogP contribution in [0.4, 0.5) is 4.79 Å². The highest BCUT2D eigenvalue weighted by Gasteiger charge is 2.31. The second-order valence-electron chi connectivity index (χ2n) is 11.3. The van der Waals surface area contributed by atoms with Gasteiger partial charge in [-0.3, -0.25) is 19.4 Å². The van der Waals surface area contributed by atoms with Crippen molar-refractivity contribution in [2.75, 3.05) is 40.4 Å². The molecule has 4 rings (SSSR count). The highest BCUT2D eigenvalue weighted by atomic mass is 35.5. The third-order valence-corrected chi connectivity index (χ3v) is 8.73. The third kappa shape index (κ3) is 7.95. The fraction of sp³-hybridized carbons (Fsp3) is 0.531. The number of imide groups is 1. The molecule has 42 heavy (non-hydrogen) atoms. The number of ether oxygens (including phenoxy) is 2. The molecule has 1 aliphatic carbocycles.